The number of nitrogens with one attached hydrogen (secondary N) is 1. The van der Waals surface area contributed by atoms with E-state index in [1.54, 1.807) is 25.1 Å². The Morgan fingerprint density at radius 3 is 2.63 bits per heavy atom. The largest absolute Gasteiger partial charge is 0.508 e. The number of benzene rings is 2. The molecule has 0 heterocycles. The van der Waals surface area contributed by atoms with Crippen LogP contribution in [0, 0.1) is 12.7 Å². The van der Waals surface area contributed by atoms with Crippen molar-refractivity contribution in [2.24, 2.45) is 0 Å². The van der Waals surface area contributed by atoms with Crippen LogP contribution in [-0.4, -0.2) is 11.0 Å². The second-order valence-corrected chi connectivity index (χ2v) is 5.00. The van der Waals surface area contributed by atoms with E-state index < -0.39 is 11.7 Å². The Morgan fingerprint density at radius 1 is 1.26 bits per heavy atom. The van der Waals surface area contributed by atoms with Gasteiger partial charge in [-0.05, 0) is 42.8 Å². The molecule has 0 aliphatic heterocycles. The Kier molecular flexibility index (Phi) is 3.85. The average molecular weight is 324 g/mol. The number of rotatable bonds is 2. The summed E-state index contributed by atoms with van der Waals surface area (Å²) in [4.78, 5) is 11.9. The Balaban J connectivity index is 2.23. The van der Waals surface area contributed by atoms with Gasteiger partial charge in [0.1, 0.15) is 11.6 Å². The highest BCUT2D eigenvalue weighted by molar-refractivity contribution is 9.10. The summed E-state index contributed by atoms with van der Waals surface area (Å²) in [5.41, 5.74) is 1.03. The predicted molar refractivity (Wildman–Crippen MR) is 74.9 cm³/mol. The van der Waals surface area contributed by atoms with Crippen LogP contribution in [0.4, 0.5) is 10.1 Å². The molecule has 2 aromatic carbocycles. The lowest BCUT2D eigenvalue weighted by molar-refractivity contribution is 0.102. The molecular formula is C14H11BrFNO2. The van der Waals surface area contributed by atoms with E-state index in [0.717, 1.165) is 0 Å². The number of carbonyl (C=O) groups excluding carboxylic acids is 1. The summed E-state index contributed by atoms with van der Waals surface area (Å²) in [6, 6.07) is 8.91. The maximum atomic E-state index is 13.6. The van der Waals surface area contributed by atoms with Gasteiger partial charge in [0.15, 0.2) is 0 Å². The fraction of sp³-hybridized carbons (Fsp3) is 0.0714. The fourth-order valence-corrected chi connectivity index (χ4v) is 1.87. The SMILES string of the molecule is Cc1ccc(C(=O)Nc2ccc(Br)cc2F)cc1O. The highest BCUT2D eigenvalue weighted by Crippen LogP contribution is 2.21. The van der Waals surface area contributed by atoms with Crippen LogP contribution in [0.5, 0.6) is 5.75 Å². The number of halogens is 2. The number of anilines is 1. The minimum Gasteiger partial charge on any atom is -0.508 e. The lowest BCUT2D eigenvalue weighted by Gasteiger charge is -2.07. The summed E-state index contributed by atoms with van der Waals surface area (Å²) in [6.07, 6.45) is 0. The third kappa shape index (κ3) is 3.12. The average Bonchev–Trinajstić information content (AvgIpc) is 2.36. The Hall–Kier alpha value is -1.88. The van der Waals surface area contributed by atoms with Crippen molar-refractivity contribution >= 4 is 27.5 Å². The first-order valence-electron chi connectivity index (χ1n) is 5.53. The van der Waals surface area contributed by atoms with Crippen LogP contribution in [0.25, 0.3) is 0 Å². The molecule has 0 saturated carbocycles. The van der Waals surface area contributed by atoms with Crippen molar-refractivity contribution in [3.8, 4) is 5.75 Å². The molecule has 0 aliphatic rings. The van der Waals surface area contributed by atoms with Gasteiger partial charge in [-0.1, -0.05) is 22.0 Å². The van der Waals surface area contributed by atoms with Gasteiger partial charge in [0.2, 0.25) is 0 Å². The van der Waals surface area contributed by atoms with Crippen LogP contribution in [0.3, 0.4) is 0 Å². The van der Waals surface area contributed by atoms with Crippen LogP contribution in [0.15, 0.2) is 40.9 Å². The second-order valence-electron chi connectivity index (χ2n) is 4.08. The van der Waals surface area contributed by atoms with Gasteiger partial charge in [-0.25, -0.2) is 4.39 Å². The summed E-state index contributed by atoms with van der Waals surface area (Å²) in [5, 5.41) is 12.0. The molecule has 0 radical (unpaired) electrons. The van der Waals surface area contributed by atoms with E-state index in [0.29, 0.717) is 10.0 Å². The zero-order valence-corrected chi connectivity index (χ0v) is 11.7. The van der Waals surface area contributed by atoms with E-state index in [9.17, 15) is 14.3 Å². The predicted octanol–water partition coefficient (Wildman–Crippen LogP) is 3.85. The smallest absolute Gasteiger partial charge is 0.255 e. The maximum absolute atomic E-state index is 13.6. The molecule has 0 aliphatic carbocycles. The monoisotopic (exact) mass is 323 g/mol. The standard InChI is InChI=1S/C14H11BrFNO2/c1-8-2-3-9(6-13(8)18)14(19)17-12-5-4-10(15)7-11(12)16/h2-7,18H,1H3,(H,17,19). The zero-order chi connectivity index (χ0) is 14.0. The molecule has 98 valence electrons. The second kappa shape index (κ2) is 5.40. The normalized spacial score (nSPS) is 10.3. The van der Waals surface area contributed by atoms with Crippen LogP contribution in [0.1, 0.15) is 15.9 Å². The number of hydrogen-bond donors (Lipinski definition) is 2. The molecule has 0 aromatic heterocycles. The molecule has 0 atom stereocenters. The molecule has 2 aromatic rings. The fourth-order valence-electron chi connectivity index (χ4n) is 1.54. The Bertz CT molecular complexity index is 643. The van der Waals surface area contributed by atoms with Crippen molar-refractivity contribution in [1.82, 2.24) is 0 Å². The van der Waals surface area contributed by atoms with Crippen molar-refractivity contribution in [1.29, 1.82) is 0 Å². The van der Waals surface area contributed by atoms with Crippen molar-refractivity contribution in [3.63, 3.8) is 0 Å². The Morgan fingerprint density at radius 2 is 2.00 bits per heavy atom. The van der Waals surface area contributed by atoms with Crippen molar-refractivity contribution in [2.45, 2.75) is 6.92 Å². The van der Waals surface area contributed by atoms with Gasteiger partial charge in [-0.2, -0.15) is 0 Å². The topological polar surface area (TPSA) is 49.3 Å². The van der Waals surface area contributed by atoms with Crippen molar-refractivity contribution < 1.29 is 14.3 Å². The number of hydrogen-bond acceptors (Lipinski definition) is 2. The van der Waals surface area contributed by atoms with Gasteiger partial charge >= 0.3 is 0 Å². The summed E-state index contributed by atoms with van der Waals surface area (Å²) in [6.45, 7) is 1.73. The number of aromatic hydroxyl groups is 1. The summed E-state index contributed by atoms with van der Waals surface area (Å²) < 4.78 is 14.2. The number of amides is 1. The molecule has 1 amide bonds. The molecular weight excluding hydrogens is 313 g/mol. The molecule has 2 N–H and O–H groups in total. The quantitative estimate of drug-likeness (QED) is 0.881. The first kappa shape index (κ1) is 13.5. The summed E-state index contributed by atoms with van der Waals surface area (Å²) in [5.74, 6) is -0.973. The van der Waals surface area contributed by atoms with E-state index in [2.05, 4.69) is 21.2 Å². The molecule has 3 nitrogen and oxygen atoms in total. The van der Waals surface area contributed by atoms with Gasteiger partial charge in [-0.15, -0.1) is 0 Å². The van der Waals surface area contributed by atoms with E-state index >= 15 is 0 Å². The molecule has 0 bridgehead atoms. The molecule has 19 heavy (non-hydrogen) atoms. The first-order valence-corrected chi connectivity index (χ1v) is 6.32. The molecule has 0 fully saturated rings. The molecule has 2 rings (SSSR count). The molecule has 0 spiro atoms. The highest BCUT2D eigenvalue weighted by atomic mass is 79.9. The van der Waals surface area contributed by atoms with Gasteiger partial charge < -0.3 is 10.4 Å². The third-order valence-corrected chi connectivity index (χ3v) is 3.14. The van der Waals surface area contributed by atoms with Gasteiger partial charge in [0.25, 0.3) is 5.91 Å². The molecule has 0 saturated heterocycles. The maximum Gasteiger partial charge on any atom is 0.255 e. The van der Waals surface area contributed by atoms with E-state index in [4.69, 9.17) is 0 Å². The lowest BCUT2D eigenvalue weighted by atomic mass is 10.1. The molecule has 0 unspecified atom stereocenters. The first-order chi connectivity index (χ1) is 8.97. The lowest BCUT2D eigenvalue weighted by Crippen LogP contribution is -2.12. The minimum absolute atomic E-state index is 0.0314. The third-order valence-electron chi connectivity index (χ3n) is 2.65. The van der Waals surface area contributed by atoms with Gasteiger partial charge in [-0.3, -0.25) is 4.79 Å². The van der Waals surface area contributed by atoms with Crippen LogP contribution >= 0.6 is 15.9 Å². The molecule has 5 heteroatoms. The van der Waals surface area contributed by atoms with Crippen molar-refractivity contribution in [3.05, 3.63) is 57.8 Å². The summed E-state index contributed by atoms with van der Waals surface area (Å²) >= 11 is 3.14. The van der Waals surface area contributed by atoms with E-state index in [1.165, 1.54) is 18.2 Å². The Labute approximate surface area is 118 Å². The van der Waals surface area contributed by atoms with E-state index in [1.807, 2.05) is 0 Å². The van der Waals surface area contributed by atoms with Crippen LogP contribution in [-0.2, 0) is 0 Å². The number of phenols is 1. The van der Waals surface area contributed by atoms with Crippen LogP contribution in [0.2, 0.25) is 0 Å². The summed E-state index contributed by atoms with van der Waals surface area (Å²) in [7, 11) is 0. The van der Waals surface area contributed by atoms with Crippen LogP contribution < -0.4 is 5.32 Å². The number of aryl methyl sites for hydroxylation is 1. The van der Waals surface area contributed by atoms with Crippen molar-refractivity contribution in [2.75, 3.05) is 5.32 Å². The van der Waals surface area contributed by atoms with E-state index in [-0.39, 0.29) is 17.0 Å². The number of carbonyl (C=O) groups is 1. The van der Waals surface area contributed by atoms with Gasteiger partial charge in [0.05, 0.1) is 5.69 Å². The number of phenolic OH excluding ortho intramolecular Hbond substituents is 1. The van der Waals surface area contributed by atoms with Gasteiger partial charge in [0, 0.05) is 10.0 Å². The highest BCUT2D eigenvalue weighted by Gasteiger charge is 2.10. The minimum atomic E-state index is -0.529. The zero-order valence-electron chi connectivity index (χ0n) is 10.1.